The summed E-state index contributed by atoms with van der Waals surface area (Å²) in [6.07, 6.45) is -0.252. The molecule has 0 spiro atoms. The average Bonchev–Trinajstić information content (AvgIpc) is 2.49. The third-order valence-corrected chi connectivity index (χ3v) is 4.42. The minimum atomic E-state index is -3.90. The molecular formula is C15H16FNO3S. The predicted octanol–water partition coefficient (Wildman–Crippen LogP) is 3.07. The Labute approximate surface area is 123 Å². The highest BCUT2D eigenvalue weighted by molar-refractivity contribution is 7.92. The molecule has 2 rings (SSSR count). The Hall–Kier alpha value is -1.92. The van der Waals surface area contributed by atoms with E-state index in [1.165, 1.54) is 36.4 Å². The summed E-state index contributed by atoms with van der Waals surface area (Å²) in [6, 6.07) is 11.5. The van der Waals surface area contributed by atoms with Gasteiger partial charge in [0.1, 0.15) is 5.82 Å². The Balaban J connectivity index is 2.34. The molecule has 0 amide bonds. The molecule has 2 aromatic carbocycles. The van der Waals surface area contributed by atoms with Crippen LogP contribution in [0.1, 0.15) is 25.0 Å². The van der Waals surface area contributed by atoms with Gasteiger partial charge in [-0.25, -0.2) is 12.8 Å². The van der Waals surface area contributed by atoms with Gasteiger partial charge in [0.25, 0.3) is 10.0 Å². The van der Waals surface area contributed by atoms with Crippen molar-refractivity contribution in [1.29, 1.82) is 0 Å². The first-order chi connectivity index (χ1) is 9.94. The van der Waals surface area contributed by atoms with E-state index in [0.717, 1.165) is 0 Å². The topological polar surface area (TPSA) is 66.4 Å². The van der Waals surface area contributed by atoms with E-state index < -0.39 is 21.9 Å². The molecule has 0 radical (unpaired) electrons. The molecule has 0 saturated heterocycles. The van der Waals surface area contributed by atoms with Crippen LogP contribution in [0.3, 0.4) is 0 Å². The van der Waals surface area contributed by atoms with E-state index in [1.807, 2.05) is 0 Å². The highest BCUT2D eigenvalue weighted by Gasteiger charge is 2.17. The Morgan fingerprint density at radius 1 is 1.19 bits per heavy atom. The highest BCUT2D eigenvalue weighted by atomic mass is 32.2. The van der Waals surface area contributed by atoms with Crippen LogP contribution in [0.5, 0.6) is 0 Å². The minimum absolute atomic E-state index is 0.0178. The number of aliphatic hydroxyl groups excluding tert-OH is 1. The number of nitrogens with one attached hydrogen (secondary N) is 1. The van der Waals surface area contributed by atoms with Gasteiger partial charge in [0.15, 0.2) is 0 Å². The van der Waals surface area contributed by atoms with Crippen molar-refractivity contribution in [2.75, 3.05) is 4.72 Å². The van der Waals surface area contributed by atoms with Crippen LogP contribution in [-0.4, -0.2) is 13.5 Å². The van der Waals surface area contributed by atoms with E-state index in [2.05, 4.69) is 4.72 Å². The van der Waals surface area contributed by atoms with E-state index in [1.54, 1.807) is 19.1 Å². The number of rotatable bonds is 5. The molecule has 0 bridgehead atoms. The maximum Gasteiger partial charge on any atom is 0.261 e. The standard InChI is InChI=1S/C15H16FNO3S/c1-2-15(18)11-6-5-7-12(10-11)21(19,20)17-14-9-4-3-8-13(14)16/h3-10,15,17-18H,2H2,1H3. The number of aliphatic hydroxyl groups is 1. The molecule has 4 nitrogen and oxygen atoms in total. The Morgan fingerprint density at radius 3 is 2.57 bits per heavy atom. The fourth-order valence-electron chi connectivity index (χ4n) is 1.87. The first kappa shape index (κ1) is 15.5. The van der Waals surface area contributed by atoms with Crippen molar-refractivity contribution in [3.8, 4) is 0 Å². The Morgan fingerprint density at radius 2 is 1.90 bits per heavy atom. The van der Waals surface area contributed by atoms with Gasteiger partial charge < -0.3 is 5.11 Å². The van der Waals surface area contributed by atoms with Gasteiger partial charge in [-0.1, -0.05) is 31.2 Å². The zero-order chi connectivity index (χ0) is 15.5. The summed E-state index contributed by atoms with van der Waals surface area (Å²) in [5.41, 5.74) is 0.396. The smallest absolute Gasteiger partial charge is 0.261 e. The van der Waals surface area contributed by atoms with E-state index in [9.17, 15) is 17.9 Å². The third-order valence-electron chi connectivity index (χ3n) is 3.06. The van der Waals surface area contributed by atoms with Gasteiger partial charge >= 0.3 is 0 Å². The normalized spacial score (nSPS) is 12.9. The summed E-state index contributed by atoms with van der Waals surface area (Å²) in [5.74, 6) is -0.647. The highest BCUT2D eigenvalue weighted by Crippen LogP contribution is 2.22. The molecule has 112 valence electrons. The average molecular weight is 309 g/mol. The van der Waals surface area contributed by atoms with Crippen LogP contribution in [-0.2, 0) is 10.0 Å². The fraction of sp³-hybridized carbons (Fsp3) is 0.200. The number of halogens is 1. The number of anilines is 1. The van der Waals surface area contributed by atoms with E-state index >= 15 is 0 Å². The van der Waals surface area contributed by atoms with Crippen molar-refractivity contribution in [2.45, 2.75) is 24.3 Å². The Bertz CT molecular complexity index is 731. The summed E-state index contributed by atoms with van der Waals surface area (Å²) >= 11 is 0. The largest absolute Gasteiger partial charge is 0.388 e. The molecule has 2 N–H and O–H groups in total. The summed E-state index contributed by atoms with van der Waals surface area (Å²) in [4.78, 5) is -0.0178. The van der Waals surface area contributed by atoms with Gasteiger partial charge in [-0.2, -0.15) is 0 Å². The molecular weight excluding hydrogens is 293 g/mol. The molecule has 1 atom stereocenters. The molecule has 0 aliphatic heterocycles. The van der Waals surface area contributed by atoms with Gasteiger partial charge in [-0.05, 0) is 36.2 Å². The van der Waals surface area contributed by atoms with Gasteiger partial charge in [-0.3, -0.25) is 4.72 Å². The van der Waals surface area contributed by atoms with E-state index in [4.69, 9.17) is 0 Å². The summed E-state index contributed by atoms with van der Waals surface area (Å²) in [7, 11) is -3.90. The summed E-state index contributed by atoms with van der Waals surface area (Å²) in [5, 5.41) is 9.78. The van der Waals surface area contributed by atoms with Crippen molar-refractivity contribution >= 4 is 15.7 Å². The zero-order valence-corrected chi connectivity index (χ0v) is 12.3. The monoisotopic (exact) mass is 309 g/mol. The molecule has 0 aromatic heterocycles. The molecule has 21 heavy (non-hydrogen) atoms. The van der Waals surface area contributed by atoms with E-state index in [-0.39, 0.29) is 10.6 Å². The second kappa shape index (κ2) is 6.24. The van der Waals surface area contributed by atoms with Crippen LogP contribution in [0.25, 0.3) is 0 Å². The van der Waals surface area contributed by atoms with E-state index in [0.29, 0.717) is 12.0 Å². The SMILES string of the molecule is CCC(O)c1cccc(S(=O)(=O)Nc2ccccc2F)c1. The van der Waals surface area contributed by atoms with Gasteiger partial charge in [0.05, 0.1) is 16.7 Å². The minimum Gasteiger partial charge on any atom is -0.388 e. The molecule has 0 heterocycles. The number of hydrogen-bond acceptors (Lipinski definition) is 3. The second-order valence-electron chi connectivity index (χ2n) is 4.58. The molecule has 0 aliphatic rings. The summed E-state index contributed by atoms with van der Waals surface area (Å²) < 4.78 is 40.2. The lowest BCUT2D eigenvalue weighted by Gasteiger charge is -2.12. The van der Waals surface area contributed by atoms with Gasteiger partial charge in [0, 0.05) is 0 Å². The molecule has 2 aromatic rings. The zero-order valence-electron chi connectivity index (χ0n) is 11.5. The number of hydrogen-bond donors (Lipinski definition) is 2. The molecule has 1 unspecified atom stereocenters. The number of para-hydroxylation sites is 1. The maximum absolute atomic E-state index is 13.5. The first-order valence-electron chi connectivity index (χ1n) is 6.49. The molecule has 0 saturated carbocycles. The maximum atomic E-state index is 13.5. The second-order valence-corrected chi connectivity index (χ2v) is 6.26. The lowest BCUT2D eigenvalue weighted by atomic mass is 10.1. The lowest BCUT2D eigenvalue weighted by molar-refractivity contribution is 0.173. The first-order valence-corrected chi connectivity index (χ1v) is 7.97. The van der Waals surface area contributed by atoms with Crippen molar-refractivity contribution in [2.24, 2.45) is 0 Å². The van der Waals surface area contributed by atoms with Crippen LogP contribution in [0.2, 0.25) is 0 Å². The third kappa shape index (κ3) is 3.59. The van der Waals surface area contributed by atoms with Crippen LogP contribution < -0.4 is 4.72 Å². The molecule has 0 fully saturated rings. The predicted molar refractivity (Wildman–Crippen MR) is 78.9 cm³/mol. The number of sulfonamides is 1. The van der Waals surface area contributed by atoms with Crippen molar-refractivity contribution < 1.29 is 17.9 Å². The fourth-order valence-corrected chi connectivity index (χ4v) is 2.99. The number of benzene rings is 2. The summed E-state index contributed by atoms with van der Waals surface area (Å²) in [6.45, 7) is 1.80. The van der Waals surface area contributed by atoms with Crippen molar-refractivity contribution in [1.82, 2.24) is 0 Å². The van der Waals surface area contributed by atoms with Crippen LogP contribution in [0, 0.1) is 5.82 Å². The molecule has 0 aliphatic carbocycles. The molecule has 6 heteroatoms. The van der Waals surface area contributed by atoms with Crippen LogP contribution in [0.15, 0.2) is 53.4 Å². The van der Waals surface area contributed by atoms with Crippen molar-refractivity contribution in [3.63, 3.8) is 0 Å². The van der Waals surface area contributed by atoms with Crippen LogP contribution in [0.4, 0.5) is 10.1 Å². The van der Waals surface area contributed by atoms with Crippen LogP contribution >= 0.6 is 0 Å². The lowest BCUT2D eigenvalue weighted by Crippen LogP contribution is -2.14. The Kier molecular flexibility index (Phi) is 4.59. The van der Waals surface area contributed by atoms with Gasteiger partial charge in [-0.15, -0.1) is 0 Å². The van der Waals surface area contributed by atoms with Crippen molar-refractivity contribution in [3.05, 3.63) is 59.9 Å². The van der Waals surface area contributed by atoms with Gasteiger partial charge in [0.2, 0.25) is 0 Å². The quantitative estimate of drug-likeness (QED) is 0.892.